The van der Waals surface area contributed by atoms with Crippen molar-refractivity contribution in [1.82, 2.24) is 10.2 Å². The van der Waals surface area contributed by atoms with E-state index in [1.54, 1.807) is 42.5 Å². The minimum absolute atomic E-state index is 0.0261. The third kappa shape index (κ3) is 8.71. The van der Waals surface area contributed by atoms with E-state index in [1.807, 2.05) is 44.2 Å². The molecule has 0 bridgehead atoms. The standard InChI is InChI=1S/C29H33Cl2N3O4S/c1-4-16-32-29(36)27(18-22-8-6-5-7-9-22)33(19-23-12-15-25(30)26(31)17-23)28(35)20-34(39(3,37)38)24-13-10-21(2)11-14-24/h5-15,17,27H,4,16,18-20H2,1-3H3,(H,32,36)/t27-/m0/s1. The Labute approximate surface area is 240 Å². The van der Waals surface area contributed by atoms with E-state index in [4.69, 9.17) is 23.2 Å². The summed E-state index contributed by atoms with van der Waals surface area (Å²) < 4.78 is 26.6. The number of rotatable bonds is 12. The number of hydrogen-bond acceptors (Lipinski definition) is 4. The fourth-order valence-electron chi connectivity index (χ4n) is 4.08. The number of benzene rings is 3. The number of aryl methyl sites for hydroxylation is 1. The van der Waals surface area contributed by atoms with E-state index >= 15 is 0 Å². The molecule has 0 radical (unpaired) electrons. The second-order valence-corrected chi connectivity index (χ2v) is 12.1. The Kier molecular flexibility index (Phi) is 10.8. The molecular formula is C29H33Cl2N3O4S. The van der Waals surface area contributed by atoms with Gasteiger partial charge in [-0.15, -0.1) is 0 Å². The molecule has 1 N–H and O–H groups in total. The van der Waals surface area contributed by atoms with Gasteiger partial charge in [-0.05, 0) is 48.7 Å². The number of hydrogen-bond donors (Lipinski definition) is 1. The molecule has 208 valence electrons. The van der Waals surface area contributed by atoms with Crippen molar-refractivity contribution in [3.05, 3.63) is 99.5 Å². The van der Waals surface area contributed by atoms with Gasteiger partial charge in [0, 0.05) is 19.5 Å². The van der Waals surface area contributed by atoms with Crippen LogP contribution in [0.25, 0.3) is 0 Å². The molecule has 3 aromatic carbocycles. The van der Waals surface area contributed by atoms with E-state index in [9.17, 15) is 18.0 Å². The summed E-state index contributed by atoms with van der Waals surface area (Å²) in [6, 6.07) is 20.3. The average molecular weight is 591 g/mol. The highest BCUT2D eigenvalue weighted by atomic mass is 35.5. The van der Waals surface area contributed by atoms with Crippen molar-refractivity contribution in [3.8, 4) is 0 Å². The van der Waals surface area contributed by atoms with Gasteiger partial charge in [0.05, 0.1) is 22.0 Å². The number of carbonyl (C=O) groups is 2. The lowest BCUT2D eigenvalue weighted by molar-refractivity contribution is -0.140. The number of anilines is 1. The van der Waals surface area contributed by atoms with Gasteiger partial charge in [-0.1, -0.05) is 84.2 Å². The Morgan fingerprint density at radius 3 is 2.18 bits per heavy atom. The van der Waals surface area contributed by atoms with E-state index in [0.29, 0.717) is 27.8 Å². The number of sulfonamides is 1. The van der Waals surface area contributed by atoms with Crippen LogP contribution in [0.2, 0.25) is 10.0 Å². The molecule has 3 rings (SSSR count). The quantitative estimate of drug-likeness (QED) is 0.313. The zero-order chi connectivity index (χ0) is 28.6. The number of halogens is 2. The van der Waals surface area contributed by atoms with Crippen molar-refractivity contribution < 1.29 is 18.0 Å². The molecule has 39 heavy (non-hydrogen) atoms. The summed E-state index contributed by atoms with van der Waals surface area (Å²) in [5.74, 6) is -0.852. The summed E-state index contributed by atoms with van der Waals surface area (Å²) in [5, 5.41) is 3.58. The molecule has 0 aliphatic carbocycles. The largest absolute Gasteiger partial charge is 0.354 e. The van der Waals surface area contributed by atoms with Gasteiger partial charge in [0.25, 0.3) is 0 Å². The summed E-state index contributed by atoms with van der Waals surface area (Å²) in [7, 11) is -3.82. The van der Waals surface area contributed by atoms with Gasteiger partial charge in [0.15, 0.2) is 0 Å². The van der Waals surface area contributed by atoms with Crippen molar-refractivity contribution in [2.24, 2.45) is 0 Å². The van der Waals surface area contributed by atoms with Crippen LogP contribution in [0.3, 0.4) is 0 Å². The Morgan fingerprint density at radius 2 is 1.59 bits per heavy atom. The molecule has 0 saturated carbocycles. The fraction of sp³-hybridized carbons (Fsp3) is 0.310. The average Bonchev–Trinajstić information content (AvgIpc) is 2.90. The van der Waals surface area contributed by atoms with Gasteiger partial charge >= 0.3 is 0 Å². The molecule has 1 atom stereocenters. The monoisotopic (exact) mass is 589 g/mol. The third-order valence-electron chi connectivity index (χ3n) is 6.16. The zero-order valence-electron chi connectivity index (χ0n) is 22.2. The molecule has 0 heterocycles. The van der Waals surface area contributed by atoms with Crippen molar-refractivity contribution in [3.63, 3.8) is 0 Å². The fourth-order valence-corrected chi connectivity index (χ4v) is 5.25. The van der Waals surface area contributed by atoms with E-state index in [2.05, 4.69) is 5.32 Å². The number of nitrogens with zero attached hydrogens (tertiary/aromatic N) is 2. The van der Waals surface area contributed by atoms with Gasteiger partial charge in [-0.2, -0.15) is 0 Å². The highest BCUT2D eigenvalue weighted by molar-refractivity contribution is 7.92. The first-order valence-corrected chi connectivity index (χ1v) is 15.2. The smallest absolute Gasteiger partial charge is 0.244 e. The van der Waals surface area contributed by atoms with Crippen molar-refractivity contribution in [1.29, 1.82) is 0 Å². The summed E-state index contributed by atoms with van der Waals surface area (Å²) in [5.41, 5.74) is 2.83. The lowest BCUT2D eigenvalue weighted by Crippen LogP contribution is -2.53. The zero-order valence-corrected chi connectivity index (χ0v) is 24.6. The van der Waals surface area contributed by atoms with Gasteiger partial charge in [-0.3, -0.25) is 13.9 Å². The van der Waals surface area contributed by atoms with Crippen LogP contribution in [-0.2, 0) is 32.6 Å². The predicted molar refractivity (Wildman–Crippen MR) is 158 cm³/mol. The summed E-state index contributed by atoms with van der Waals surface area (Å²) in [6.07, 6.45) is 2.02. The van der Waals surface area contributed by atoms with Crippen molar-refractivity contribution in [2.75, 3.05) is 23.7 Å². The lowest BCUT2D eigenvalue weighted by atomic mass is 10.0. The molecule has 0 spiro atoms. The number of carbonyl (C=O) groups excluding carboxylic acids is 2. The maximum Gasteiger partial charge on any atom is 0.244 e. The van der Waals surface area contributed by atoms with E-state index < -0.39 is 28.5 Å². The summed E-state index contributed by atoms with van der Waals surface area (Å²) >= 11 is 12.4. The Hall–Kier alpha value is -3.07. The minimum Gasteiger partial charge on any atom is -0.354 e. The van der Waals surface area contributed by atoms with Gasteiger partial charge in [-0.25, -0.2) is 8.42 Å². The van der Waals surface area contributed by atoms with Gasteiger partial charge < -0.3 is 10.2 Å². The van der Waals surface area contributed by atoms with Crippen LogP contribution in [0.15, 0.2) is 72.8 Å². The van der Waals surface area contributed by atoms with Gasteiger partial charge in [0.1, 0.15) is 12.6 Å². The normalized spacial score (nSPS) is 12.0. The molecule has 0 unspecified atom stereocenters. The van der Waals surface area contributed by atoms with Gasteiger partial charge in [0.2, 0.25) is 21.8 Å². The summed E-state index contributed by atoms with van der Waals surface area (Å²) in [6.45, 7) is 3.82. The molecule has 3 aromatic rings. The Bertz CT molecular complexity index is 1380. The Morgan fingerprint density at radius 1 is 0.923 bits per heavy atom. The lowest BCUT2D eigenvalue weighted by Gasteiger charge is -2.33. The molecule has 2 amide bonds. The van der Waals surface area contributed by atoms with Crippen LogP contribution in [0, 0.1) is 6.92 Å². The van der Waals surface area contributed by atoms with Crippen molar-refractivity contribution >= 4 is 50.7 Å². The number of amides is 2. The predicted octanol–water partition coefficient (Wildman–Crippen LogP) is 5.23. The topological polar surface area (TPSA) is 86.8 Å². The molecule has 7 nitrogen and oxygen atoms in total. The van der Waals surface area contributed by atoms with Crippen LogP contribution < -0.4 is 9.62 Å². The second kappa shape index (κ2) is 13.8. The van der Waals surface area contributed by atoms with E-state index in [1.165, 1.54) is 4.90 Å². The van der Waals surface area contributed by atoms with Crippen LogP contribution in [0.5, 0.6) is 0 Å². The SMILES string of the molecule is CCCNC(=O)[C@H](Cc1ccccc1)N(Cc1ccc(Cl)c(Cl)c1)C(=O)CN(c1ccc(C)cc1)S(C)(=O)=O. The first kappa shape index (κ1) is 30.5. The van der Waals surface area contributed by atoms with E-state index in [-0.39, 0.29) is 18.9 Å². The maximum absolute atomic E-state index is 14.0. The highest BCUT2D eigenvalue weighted by Gasteiger charge is 2.33. The van der Waals surface area contributed by atoms with E-state index in [0.717, 1.165) is 28.1 Å². The molecule has 0 aromatic heterocycles. The first-order chi connectivity index (χ1) is 18.5. The highest BCUT2D eigenvalue weighted by Crippen LogP contribution is 2.25. The Balaban J connectivity index is 2.05. The third-order valence-corrected chi connectivity index (χ3v) is 8.04. The van der Waals surface area contributed by atoms with Crippen LogP contribution in [0.1, 0.15) is 30.0 Å². The first-order valence-electron chi connectivity index (χ1n) is 12.6. The molecule has 0 aliphatic heterocycles. The molecule has 10 heteroatoms. The molecule has 0 aliphatic rings. The molecule has 0 fully saturated rings. The summed E-state index contributed by atoms with van der Waals surface area (Å²) in [4.78, 5) is 28.9. The van der Waals surface area contributed by atoms with Crippen LogP contribution in [-0.4, -0.2) is 50.5 Å². The molecule has 0 saturated heterocycles. The number of nitrogens with one attached hydrogen (secondary N) is 1. The minimum atomic E-state index is -3.82. The van der Waals surface area contributed by atoms with Crippen LogP contribution in [0.4, 0.5) is 5.69 Å². The van der Waals surface area contributed by atoms with Crippen molar-refractivity contribution in [2.45, 2.75) is 39.3 Å². The molecular weight excluding hydrogens is 557 g/mol. The second-order valence-electron chi connectivity index (χ2n) is 9.37. The van der Waals surface area contributed by atoms with Crippen LogP contribution >= 0.6 is 23.2 Å². The maximum atomic E-state index is 14.0.